The average Bonchev–Trinajstić information content (AvgIpc) is 3.18. The number of nitrogens with one attached hydrogen (secondary N) is 1. The molecule has 30 heavy (non-hydrogen) atoms. The molecule has 160 valence electrons. The molecular formula is C25H32FN3O. The van der Waals surface area contributed by atoms with E-state index in [-0.39, 0.29) is 5.82 Å². The molecule has 5 heteroatoms. The molecule has 4 rings (SSSR count). The van der Waals surface area contributed by atoms with Crippen LogP contribution < -0.4 is 4.74 Å². The average molecular weight is 410 g/mol. The van der Waals surface area contributed by atoms with Crippen LogP contribution in [0.25, 0.3) is 22.4 Å². The fourth-order valence-electron chi connectivity index (χ4n) is 4.41. The summed E-state index contributed by atoms with van der Waals surface area (Å²) in [6.07, 6.45) is 6.28. The Bertz CT molecular complexity index is 1010. The molecule has 1 fully saturated rings. The van der Waals surface area contributed by atoms with E-state index < -0.39 is 0 Å². The smallest absolute Gasteiger partial charge is 0.138 e. The van der Waals surface area contributed by atoms with Crippen molar-refractivity contribution < 1.29 is 9.13 Å². The number of H-pyrrole nitrogens is 1. The Morgan fingerprint density at radius 1 is 1.10 bits per heavy atom. The van der Waals surface area contributed by atoms with E-state index in [1.807, 2.05) is 18.2 Å². The van der Waals surface area contributed by atoms with Crippen LogP contribution in [0.2, 0.25) is 0 Å². The van der Waals surface area contributed by atoms with Crippen molar-refractivity contribution in [3.05, 3.63) is 47.3 Å². The molecule has 0 unspecified atom stereocenters. The van der Waals surface area contributed by atoms with Crippen LogP contribution >= 0.6 is 0 Å². The van der Waals surface area contributed by atoms with Gasteiger partial charge in [-0.25, -0.2) is 9.37 Å². The van der Waals surface area contributed by atoms with Crippen molar-refractivity contribution in [1.82, 2.24) is 14.9 Å². The summed E-state index contributed by atoms with van der Waals surface area (Å²) in [7, 11) is 2.21. The van der Waals surface area contributed by atoms with Crippen LogP contribution in [-0.2, 0) is 0 Å². The molecule has 0 bridgehead atoms. The Morgan fingerprint density at radius 3 is 2.70 bits per heavy atom. The summed E-state index contributed by atoms with van der Waals surface area (Å²) in [5.74, 6) is 2.31. The number of imidazole rings is 1. The lowest BCUT2D eigenvalue weighted by molar-refractivity contribution is 0.206. The molecule has 0 radical (unpaired) electrons. The molecule has 1 aliphatic heterocycles. The second-order valence-electron chi connectivity index (χ2n) is 8.67. The Balaban J connectivity index is 1.37. The molecule has 1 aromatic heterocycles. The van der Waals surface area contributed by atoms with Crippen LogP contribution in [0.3, 0.4) is 0 Å². The summed E-state index contributed by atoms with van der Waals surface area (Å²) in [6, 6.07) is 9.28. The number of aromatic nitrogens is 2. The first kappa shape index (κ1) is 20.9. The fraction of sp³-hybridized carbons (Fsp3) is 0.480. The van der Waals surface area contributed by atoms with E-state index in [9.17, 15) is 4.39 Å². The van der Waals surface area contributed by atoms with Gasteiger partial charge in [0.15, 0.2) is 0 Å². The predicted octanol–water partition coefficient (Wildman–Crippen LogP) is 5.88. The van der Waals surface area contributed by atoms with Crippen LogP contribution in [0.1, 0.15) is 43.2 Å². The number of fused-ring (bicyclic) bond motifs is 1. The number of aromatic amines is 1. The number of unbranched alkanes of at least 4 members (excludes halogenated alkanes) is 1. The number of piperidine rings is 1. The van der Waals surface area contributed by atoms with Gasteiger partial charge >= 0.3 is 0 Å². The third-order valence-electron chi connectivity index (χ3n) is 6.48. The number of ether oxygens (including phenoxy) is 1. The summed E-state index contributed by atoms with van der Waals surface area (Å²) in [5, 5.41) is 0. The summed E-state index contributed by atoms with van der Waals surface area (Å²) < 4.78 is 20.0. The number of hydrogen-bond acceptors (Lipinski definition) is 3. The molecule has 1 aliphatic rings. The predicted molar refractivity (Wildman–Crippen MR) is 121 cm³/mol. The van der Waals surface area contributed by atoms with Gasteiger partial charge in [-0.15, -0.1) is 0 Å². The van der Waals surface area contributed by atoms with Gasteiger partial charge < -0.3 is 14.6 Å². The topological polar surface area (TPSA) is 41.1 Å². The number of benzene rings is 2. The lowest BCUT2D eigenvalue weighted by Gasteiger charge is -2.28. The molecule has 4 nitrogen and oxygen atoms in total. The van der Waals surface area contributed by atoms with Gasteiger partial charge in [0, 0.05) is 16.7 Å². The number of rotatable bonds is 7. The van der Waals surface area contributed by atoms with E-state index in [0.29, 0.717) is 11.1 Å². The Morgan fingerprint density at radius 2 is 1.90 bits per heavy atom. The van der Waals surface area contributed by atoms with Gasteiger partial charge in [0.25, 0.3) is 0 Å². The van der Waals surface area contributed by atoms with Crippen molar-refractivity contribution >= 4 is 11.0 Å². The second-order valence-corrected chi connectivity index (χ2v) is 8.67. The monoisotopic (exact) mass is 409 g/mol. The maximum Gasteiger partial charge on any atom is 0.138 e. The normalized spacial score (nSPS) is 15.7. The third kappa shape index (κ3) is 4.51. The standard InChI is InChI=1S/C25H32FN3O/c1-17-20(25-27-22-11-10-21(26)18(2)24(22)28-25)8-6-9-23(17)30-16-5-4-7-19-12-14-29(3)15-13-19/h6,8-11,19H,4-5,7,12-16H2,1-3H3,(H,27,28). The van der Waals surface area contributed by atoms with Crippen LogP contribution in [0, 0.1) is 25.6 Å². The Kier molecular flexibility index (Phi) is 6.38. The largest absolute Gasteiger partial charge is 0.493 e. The van der Waals surface area contributed by atoms with E-state index in [1.54, 1.807) is 13.0 Å². The number of halogens is 1. The van der Waals surface area contributed by atoms with Crippen molar-refractivity contribution in [1.29, 1.82) is 0 Å². The molecule has 1 N–H and O–H groups in total. The van der Waals surface area contributed by atoms with E-state index in [2.05, 4.69) is 28.8 Å². The molecule has 1 saturated heterocycles. The third-order valence-corrected chi connectivity index (χ3v) is 6.48. The maximum atomic E-state index is 13.9. The first-order valence-electron chi connectivity index (χ1n) is 11.1. The zero-order valence-corrected chi connectivity index (χ0v) is 18.3. The molecule has 3 aromatic rings. The quantitative estimate of drug-likeness (QED) is 0.496. The van der Waals surface area contributed by atoms with E-state index >= 15 is 0 Å². The second kappa shape index (κ2) is 9.17. The molecule has 0 saturated carbocycles. The highest BCUT2D eigenvalue weighted by molar-refractivity contribution is 5.83. The van der Waals surface area contributed by atoms with E-state index in [4.69, 9.17) is 4.74 Å². The highest BCUT2D eigenvalue weighted by Gasteiger charge is 2.16. The minimum atomic E-state index is -0.227. The summed E-state index contributed by atoms with van der Waals surface area (Å²) in [4.78, 5) is 10.4. The van der Waals surface area contributed by atoms with Gasteiger partial charge in [-0.1, -0.05) is 18.6 Å². The van der Waals surface area contributed by atoms with Gasteiger partial charge in [0.1, 0.15) is 17.4 Å². The zero-order valence-electron chi connectivity index (χ0n) is 18.3. The van der Waals surface area contributed by atoms with Crippen LogP contribution in [0.4, 0.5) is 4.39 Å². The van der Waals surface area contributed by atoms with Crippen LogP contribution in [0.5, 0.6) is 5.75 Å². The SMILES string of the molecule is Cc1c(OCCCCC2CCN(C)CC2)cccc1-c1nc2c(C)c(F)ccc2[nH]1. The molecule has 2 aromatic carbocycles. The molecular weight excluding hydrogens is 377 g/mol. The van der Waals surface area contributed by atoms with Crippen LogP contribution in [-0.4, -0.2) is 41.6 Å². The first-order valence-corrected chi connectivity index (χ1v) is 11.1. The van der Waals surface area contributed by atoms with Crippen molar-refractivity contribution in [3.8, 4) is 17.1 Å². The van der Waals surface area contributed by atoms with Gasteiger partial charge in [-0.3, -0.25) is 0 Å². The van der Waals surface area contributed by atoms with Gasteiger partial charge in [0.05, 0.1) is 17.6 Å². The first-order chi connectivity index (χ1) is 14.5. The number of likely N-dealkylation sites (tertiary alicyclic amines) is 1. The van der Waals surface area contributed by atoms with Crippen LogP contribution in [0.15, 0.2) is 30.3 Å². The molecule has 2 heterocycles. The van der Waals surface area contributed by atoms with Gasteiger partial charge in [-0.2, -0.15) is 0 Å². The Labute approximate surface area is 178 Å². The fourth-order valence-corrected chi connectivity index (χ4v) is 4.41. The molecule has 0 atom stereocenters. The zero-order chi connectivity index (χ0) is 21.1. The van der Waals surface area contributed by atoms with Crippen molar-refractivity contribution in [2.24, 2.45) is 5.92 Å². The minimum absolute atomic E-state index is 0.227. The van der Waals surface area contributed by atoms with Crippen molar-refractivity contribution in [2.75, 3.05) is 26.7 Å². The summed E-state index contributed by atoms with van der Waals surface area (Å²) >= 11 is 0. The Hall–Kier alpha value is -2.40. The summed E-state index contributed by atoms with van der Waals surface area (Å²) in [6.45, 7) is 7.04. The van der Waals surface area contributed by atoms with E-state index in [1.165, 1.54) is 44.8 Å². The lowest BCUT2D eigenvalue weighted by Crippen LogP contribution is -2.30. The highest BCUT2D eigenvalue weighted by Crippen LogP contribution is 2.31. The highest BCUT2D eigenvalue weighted by atomic mass is 19.1. The molecule has 0 spiro atoms. The van der Waals surface area contributed by atoms with E-state index in [0.717, 1.165) is 47.2 Å². The van der Waals surface area contributed by atoms with Gasteiger partial charge in [-0.05, 0) is 83.8 Å². The minimum Gasteiger partial charge on any atom is -0.493 e. The van der Waals surface area contributed by atoms with Crippen molar-refractivity contribution in [3.63, 3.8) is 0 Å². The maximum absolute atomic E-state index is 13.9. The molecule has 0 aliphatic carbocycles. The van der Waals surface area contributed by atoms with Gasteiger partial charge in [0.2, 0.25) is 0 Å². The number of aryl methyl sites for hydroxylation is 1. The molecule has 0 amide bonds. The number of nitrogens with zero attached hydrogens (tertiary/aromatic N) is 2. The summed E-state index contributed by atoms with van der Waals surface area (Å²) in [5.41, 5.74) is 4.16. The number of hydrogen-bond donors (Lipinski definition) is 1. The lowest BCUT2D eigenvalue weighted by atomic mass is 9.92. The van der Waals surface area contributed by atoms with Crippen molar-refractivity contribution in [2.45, 2.75) is 46.0 Å².